The maximum Gasteiger partial charge on any atom is 0.120 e. The van der Waals surface area contributed by atoms with Crippen LogP contribution in [-0.2, 0) is 11.3 Å². The van der Waals surface area contributed by atoms with Gasteiger partial charge in [-0.3, -0.25) is 4.90 Å². The largest absolute Gasteiger partial charge is 0.508 e. The molecule has 3 rings (SSSR count). The van der Waals surface area contributed by atoms with Gasteiger partial charge in [-0.05, 0) is 23.8 Å². The van der Waals surface area contributed by atoms with Gasteiger partial charge in [0, 0.05) is 25.2 Å². The molecule has 5 heteroatoms. The summed E-state index contributed by atoms with van der Waals surface area (Å²) < 4.78 is 5.85. The number of morpholine rings is 1. The molecule has 0 unspecified atom stereocenters. The molecule has 0 spiro atoms. The van der Waals surface area contributed by atoms with Gasteiger partial charge in [0.25, 0.3) is 0 Å². The maximum absolute atomic E-state index is 9.90. The van der Waals surface area contributed by atoms with Gasteiger partial charge in [0.15, 0.2) is 0 Å². The molecular weight excluding hydrogens is 321 g/mol. The van der Waals surface area contributed by atoms with Gasteiger partial charge in [-0.25, -0.2) is 0 Å². The minimum atomic E-state index is -0.0330. The zero-order valence-corrected chi connectivity index (χ0v) is 13.5. The van der Waals surface area contributed by atoms with Crippen LogP contribution in [0.3, 0.4) is 0 Å². The quantitative estimate of drug-likeness (QED) is 0.907. The van der Waals surface area contributed by atoms with Crippen molar-refractivity contribution in [3.8, 4) is 5.75 Å². The maximum atomic E-state index is 9.90. The van der Waals surface area contributed by atoms with E-state index in [9.17, 15) is 5.11 Å². The molecule has 1 saturated heterocycles. The molecule has 1 atom stereocenters. The summed E-state index contributed by atoms with van der Waals surface area (Å²) in [4.78, 5) is 2.27. The number of halogens is 2. The van der Waals surface area contributed by atoms with Crippen LogP contribution in [0.4, 0.5) is 0 Å². The van der Waals surface area contributed by atoms with E-state index in [1.165, 1.54) is 0 Å². The molecular formula is C17H17Cl2NO2. The molecule has 22 heavy (non-hydrogen) atoms. The summed E-state index contributed by atoms with van der Waals surface area (Å²) in [5.74, 6) is 0.333. The third-order valence-electron chi connectivity index (χ3n) is 3.85. The van der Waals surface area contributed by atoms with Crippen LogP contribution in [-0.4, -0.2) is 29.7 Å². The van der Waals surface area contributed by atoms with Crippen molar-refractivity contribution in [3.63, 3.8) is 0 Å². The highest BCUT2D eigenvalue weighted by atomic mass is 35.5. The topological polar surface area (TPSA) is 32.7 Å². The highest BCUT2D eigenvalue weighted by molar-refractivity contribution is 6.42. The average molecular weight is 338 g/mol. The summed E-state index contributed by atoms with van der Waals surface area (Å²) in [6, 6.07) is 13.0. The summed E-state index contributed by atoms with van der Waals surface area (Å²) in [6.07, 6.45) is -0.0330. The summed E-state index contributed by atoms with van der Waals surface area (Å²) in [7, 11) is 0. The number of nitrogens with zero attached hydrogens (tertiary/aromatic N) is 1. The lowest BCUT2D eigenvalue weighted by Crippen LogP contribution is -2.37. The molecule has 1 fully saturated rings. The molecule has 0 saturated carbocycles. The molecule has 0 radical (unpaired) electrons. The van der Waals surface area contributed by atoms with Crippen molar-refractivity contribution in [2.45, 2.75) is 12.6 Å². The predicted octanol–water partition coefficient (Wildman–Crippen LogP) is 4.27. The number of para-hydroxylation sites is 1. The zero-order valence-electron chi connectivity index (χ0n) is 12.0. The predicted molar refractivity (Wildman–Crippen MR) is 88.5 cm³/mol. The average Bonchev–Trinajstić information content (AvgIpc) is 2.53. The van der Waals surface area contributed by atoms with Crippen molar-refractivity contribution < 1.29 is 9.84 Å². The van der Waals surface area contributed by atoms with E-state index in [4.69, 9.17) is 27.9 Å². The number of phenols is 1. The molecule has 0 amide bonds. The van der Waals surface area contributed by atoms with Crippen LogP contribution in [0.1, 0.15) is 17.2 Å². The fourth-order valence-electron chi connectivity index (χ4n) is 2.65. The standard InChI is InChI=1S/C17H17Cl2NO2/c18-14-6-5-12(9-15(14)19)17-11-20(7-8-22-17)10-13-3-1-2-4-16(13)21/h1-6,9,17,21H,7-8,10-11H2/t17-/m1/s1. The first-order valence-corrected chi connectivity index (χ1v) is 7.95. The molecule has 1 heterocycles. The van der Waals surface area contributed by atoms with Crippen molar-refractivity contribution in [1.82, 2.24) is 4.90 Å². The van der Waals surface area contributed by atoms with E-state index < -0.39 is 0 Å². The minimum Gasteiger partial charge on any atom is -0.508 e. The van der Waals surface area contributed by atoms with Crippen LogP contribution < -0.4 is 0 Å². The van der Waals surface area contributed by atoms with Gasteiger partial charge in [0.05, 0.1) is 22.8 Å². The summed E-state index contributed by atoms with van der Waals surface area (Å²) >= 11 is 12.0. The molecule has 1 aliphatic rings. The SMILES string of the molecule is Oc1ccccc1CN1CCO[C@@H](c2ccc(Cl)c(Cl)c2)C1. The fraction of sp³-hybridized carbons (Fsp3) is 0.294. The van der Waals surface area contributed by atoms with E-state index in [0.29, 0.717) is 28.9 Å². The minimum absolute atomic E-state index is 0.0330. The molecule has 0 aliphatic carbocycles. The number of ether oxygens (including phenoxy) is 1. The Balaban J connectivity index is 1.71. The lowest BCUT2D eigenvalue weighted by atomic mass is 10.1. The summed E-state index contributed by atoms with van der Waals surface area (Å²) in [5, 5.41) is 11.0. The Morgan fingerprint density at radius 2 is 1.95 bits per heavy atom. The molecule has 1 aliphatic heterocycles. The second-order valence-electron chi connectivity index (χ2n) is 5.40. The van der Waals surface area contributed by atoms with Crippen molar-refractivity contribution in [2.24, 2.45) is 0 Å². The first-order chi connectivity index (χ1) is 10.6. The van der Waals surface area contributed by atoms with Crippen LogP contribution >= 0.6 is 23.2 Å². The molecule has 2 aromatic carbocycles. The van der Waals surface area contributed by atoms with E-state index in [-0.39, 0.29) is 6.10 Å². The molecule has 1 N–H and O–H groups in total. The Kier molecular flexibility index (Phi) is 4.89. The Morgan fingerprint density at radius 1 is 1.14 bits per heavy atom. The smallest absolute Gasteiger partial charge is 0.120 e. The van der Waals surface area contributed by atoms with Gasteiger partial charge in [-0.15, -0.1) is 0 Å². The van der Waals surface area contributed by atoms with E-state index in [0.717, 1.165) is 24.2 Å². The molecule has 2 aromatic rings. The first-order valence-electron chi connectivity index (χ1n) is 7.19. The number of hydrogen-bond donors (Lipinski definition) is 1. The number of phenolic OH excluding ortho intramolecular Hbond substituents is 1. The number of aromatic hydroxyl groups is 1. The summed E-state index contributed by atoms with van der Waals surface area (Å²) in [6.45, 7) is 2.95. The lowest BCUT2D eigenvalue weighted by Gasteiger charge is -2.33. The highest BCUT2D eigenvalue weighted by Crippen LogP contribution is 2.30. The number of benzene rings is 2. The van der Waals surface area contributed by atoms with Crippen LogP contribution in [0.2, 0.25) is 10.0 Å². The van der Waals surface area contributed by atoms with Crippen molar-refractivity contribution >= 4 is 23.2 Å². The van der Waals surface area contributed by atoms with Crippen LogP contribution in [0.15, 0.2) is 42.5 Å². The van der Waals surface area contributed by atoms with Gasteiger partial charge < -0.3 is 9.84 Å². The highest BCUT2D eigenvalue weighted by Gasteiger charge is 2.23. The number of rotatable bonds is 3. The Labute approximate surface area is 140 Å². The Morgan fingerprint density at radius 3 is 2.73 bits per heavy atom. The summed E-state index contributed by atoms with van der Waals surface area (Å²) in [5.41, 5.74) is 1.95. The van der Waals surface area contributed by atoms with Gasteiger partial charge in [0.2, 0.25) is 0 Å². The fourth-order valence-corrected chi connectivity index (χ4v) is 2.95. The first kappa shape index (κ1) is 15.6. The molecule has 3 nitrogen and oxygen atoms in total. The van der Waals surface area contributed by atoms with E-state index >= 15 is 0 Å². The molecule has 116 valence electrons. The van der Waals surface area contributed by atoms with Crippen molar-refractivity contribution in [2.75, 3.05) is 19.7 Å². The lowest BCUT2D eigenvalue weighted by molar-refractivity contribution is -0.0331. The van der Waals surface area contributed by atoms with E-state index in [1.54, 1.807) is 12.1 Å². The Hall–Kier alpha value is -1.26. The Bertz CT molecular complexity index is 663. The van der Waals surface area contributed by atoms with Gasteiger partial charge >= 0.3 is 0 Å². The zero-order chi connectivity index (χ0) is 15.5. The van der Waals surface area contributed by atoms with Crippen molar-refractivity contribution in [1.29, 1.82) is 0 Å². The van der Waals surface area contributed by atoms with Gasteiger partial charge in [-0.1, -0.05) is 47.5 Å². The normalized spacial score (nSPS) is 19.3. The second-order valence-corrected chi connectivity index (χ2v) is 6.21. The van der Waals surface area contributed by atoms with Crippen LogP contribution in [0.25, 0.3) is 0 Å². The van der Waals surface area contributed by atoms with Crippen LogP contribution in [0, 0.1) is 0 Å². The third-order valence-corrected chi connectivity index (χ3v) is 4.59. The number of hydrogen-bond acceptors (Lipinski definition) is 3. The van der Waals surface area contributed by atoms with Gasteiger partial charge in [-0.2, -0.15) is 0 Å². The van der Waals surface area contributed by atoms with Crippen LogP contribution in [0.5, 0.6) is 5.75 Å². The monoisotopic (exact) mass is 337 g/mol. The van der Waals surface area contributed by atoms with E-state index in [2.05, 4.69) is 4.90 Å². The third kappa shape index (κ3) is 3.55. The second kappa shape index (κ2) is 6.88. The molecule has 0 aromatic heterocycles. The molecule has 0 bridgehead atoms. The van der Waals surface area contributed by atoms with E-state index in [1.807, 2.05) is 30.3 Å². The van der Waals surface area contributed by atoms with Crippen molar-refractivity contribution in [3.05, 3.63) is 63.6 Å². The van der Waals surface area contributed by atoms with Gasteiger partial charge in [0.1, 0.15) is 5.75 Å².